The zero-order valence-electron chi connectivity index (χ0n) is 13.3. The Morgan fingerprint density at radius 2 is 1.96 bits per heavy atom. The van der Waals surface area contributed by atoms with Crippen LogP contribution in [0, 0.1) is 0 Å². The van der Waals surface area contributed by atoms with Gasteiger partial charge in [0.1, 0.15) is 0 Å². The Bertz CT molecular complexity index is 1060. The molecule has 122 valence electrons. The van der Waals surface area contributed by atoms with Crippen molar-refractivity contribution in [2.24, 2.45) is 0 Å². The Balaban J connectivity index is 2.03. The summed E-state index contributed by atoms with van der Waals surface area (Å²) in [6, 6.07) is 7.22. The molecule has 0 bridgehead atoms. The third-order valence-electron chi connectivity index (χ3n) is 4.26. The molecule has 4 rings (SSSR count). The number of aromatic nitrogens is 1. The number of imide groups is 1. The normalized spacial score (nSPS) is 14.4. The van der Waals surface area contributed by atoms with Gasteiger partial charge >= 0.3 is 4.87 Å². The smallest absolute Gasteiger partial charge is 0.305 e. The van der Waals surface area contributed by atoms with Crippen LogP contribution in [0.4, 0.5) is 0 Å². The number of hydrogen-bond donors (Lipinski definition) is 1. The topological polar surface area (TPSA) is 73.5 Å². The Hall–Kier alpha value is -2.51. The summed E-state index contributed by atoms with van der Waals surface area (Å²) in [4.78, 5) is 43.3. The molecule has 0 fully saturated rings. The van der Waals surface area contributed by atoms with Gasteiger partial charge in [0.2, 0.25) is 0 Å². The number of benzene rings is 2. The van der Waals surface area contributed by atoms with Gasteiger partial charge < -0.3 is 9.88 Å². The number of nitrogens with one attached hydrogen (secondary N) is 1. The van der Waals surface area contributed by atoms with E-state index in [4.69, 9.17) is 0 Å². The second-order valence-corrected chi connectivity index (χ2v) is 7.09. The second-order valence-electron chi connectivity index (χ2n) is 6.11. The van der Waals surface area contributed by atoms with Crippen molar-refractivity contribution in [2.45, 2.75) is 0 Å². The quantitative estimate of drug-likeness (QED) is 0.739. The molecule has 3 aromatic rings. The molecule has 0 radical (unpaired) electrons. The maximum absolute atomic E-state index is 13.0. The molecule has 1 aliphatic heterocycles. The van der Waals surface area contributed by atoms with Gasteiger partial charge in [0, 0.05) is 24.0 Å². The molecule has 0 spiro atoms. The number of thiazole rings is 1. The number of fused-ring (bicyclic) bond motifs is 2. The van der Waals surface area contributed by atoms with Crippen molar-refractivity contribution in [1.82, 2.24) is 14.8 Å². The second kappa shape index (κ2) is 5.25. The number of aromatic amines is 1. The highest BCUT2D eigenvalue weighted by molar-refractivity contribution is 7.17. The van der Waals surface area contributed by atoms with Gasteiger partial charge in [-0.3, -0.25) is 19.3 Å². The molecule has 2 heterocycles. The fourth-order valence-corrected chi connectivity index (χ4v) is 3.98. The summed E-state index contributed by atoms with van der Waals surface area (Å²) in [5.74, 6) is -0.603. The third kappa shape index (κ3) is 2.09. The van der Waals surface area contributed by atoms with Crippen LogP contribution in [0.1, 0.15) is 20.7 Å². The summed E-state index contributed by atoms with van der Waals surface area (Å²) < 4.78 is 0.618. The van der Waals surface area contributed by atoms with E-state index in [9.17, 15) is 14.4 Å². The molecular formula is C17H15N3O3S. The lowest BCUT2D eigenvalue weighted by atomic mass is 9.93. The monoisotopic (exact) mass is 341 g/mol. The van der Waals surface area contributed by atoms with E-state index in [1.807, 2.05) is 31.1 Å². The number of amides is 2. The lowest BCUT2D eigenvalue weighted by Crippen LogP contribution is -2.43. The summed E-state index contributed by atoms with van der Waals surface area (Å²) in [6.07, 6.45) is 0. The van der Waals surface area contributed by atoms with Crippen molar-refractivity contribution in [3.63, 3.8) is 0 Å². The number of H-pyrrole nitrogens is 1. The van der Waals surface area contributed by atoms with E-state index in [1.165, 1.54) is 4.90 Å². The van der Waals surface area contributed by atoms with Crippen LogP contribution in [0.5, 0.6) is 0 Å². The predicted octanol–water partition coefficient (Wildman–Crippen LogP) is 1.90. The summed E-state index contributed by atoms with van der Waals surface area (Å²) in [5, 5.41) is 1.44. The van der Waals surface area contributed by atoms with E-state index in [2.05, 4.69) is 4.98 Å². The molecule has 0 saturated carbocycles. The Morgan fingerprint density at radius 1 is 1.17 bits per heavy atom. The standard InChI is InChI=1S/C17H15N3O3S/c1-19(2)6-7-20-15(21)10-5-3-4-9-8-11-14(24-17(23)18-11)13(12(9)10)16(20)22/h3-5,8H,6-7H2,1-2H3,(H,18,23). The lowest BCUT2D eigenvalue weighted by Gasteiger charge is -2.28. The number of carbonyl (C=O) groups excluding carboxylic acids is 2. The van der Waals surface area contributed by atoms with Gasteiger partial charge in [0.25, 0.3) is 11.8 Å². The molecule has 0 unspecified atom stereocenters. The first-order chi connectivity index (χ1) is 11.5. The van der Waals surface area contributed by atoms with Crippen LogP contribution < -0.4 is 4.87 Å². The highest BCUT2D eigenvalue weighted by atomic mass is 32.1. The van der Waals surface area contributed by atoms with Crippen LogP contribution in [0.3, 0.4) is 0 Å². The predicted molar refractivity (Wildman–Crippen MR) is 93.9 cm³/mol. The molecule has 1 aliphatic rings. The first-order valence-electron chi connectivity index (χ1n) is 7.57. The minimum Gasteiger partial charge on any atom is -0.312 e. The summed E-state index contributed by atoms with van der Waals surface area (Å²) in [7, 11) is 3.79. The molecule has 1 N–H and O–H groups in total. The zero-order valence-corrected chi connectivity index (χ0v) is 14.1. The molecule has 6 nitrogen and oxygen atoms in total. The van der Waals surface area contributed by atoms with Crippen LogP contribution in [0.2, 0.25) is 0 Å². The molecule has 0 aliphatic carbocycles. The van der Waals surface area contributed by atoms with Crippen LogP contribution in [0.15, 0.2) is 29.1 Å². The number of carbonyl (C=O) groups is 2. The largest absolute Gasteiger partial charge is 0.312 e. The van der Waals surface area contributed by atoms with Crippen molar-refractivity contribution in [3.8, 4) is 0 Å². The molecule has 24 heavy (non-hydrogen) atoms. The van der Waals surface area contributed by atoms with Crippen molar-refractivity contribution in [2.75, 3.05) is 27.2 Å². The van der Waals surface area contributed by atoms with Crippen molar-refractivity contribution >= 4 is 44.1 Å². The highest BCUT2D eigenvalue weighted by Gasteiger charge is 2.34. The van der Waals surface area contributed by atoms with Gasteiger partial charge in [-0.05, 0) is 31.6 Å². The number of rotatable bonds is 3. The van der Waals surface area contributed by atoms with Gasteiger partial charge in [0.15, 0.2) is 0 Å². The van der Waals surface area contributed by atoms with Crippen LogP contribution >= 0.6 is 11.3 Å². The number of hydrogen-bond acceptors (Lipinski definition) is 5. The maximum atomic E-state index is 13.0. The van der Waals surface area contributed by atoms with Gasteiger partial charge in [-0.2, -0.15) is 0 Å². The Morgan fingerprint density at radius 3 is 2.71 bits per heavy atom. The van der Waals surface area contributed by atoms with Crippen LogP contribution in [0.25, 0.3) is 21.0 Å². The fourth-order valence-electron chi connectivity index (χ4n) is 3.12. The van der Waals surface area contributed by atoms with Gasteiger partial charge in [0.05, 0.1) is 15.8 Å². The van der Waals surface area contributed by atoms with E-state index < -0.39 is 0 Å². The van der Waals surface area contributed by atoms with E-state index in [-0.39, 0.29) is 16.7 Å². The average molecular weight is 341 g/mol. The maximum Gasteiger partial charge on any atom is 0.305 e. The molecule has 2 amide bonds. The molecule has 0 atom stereocenters. The van der Waals surface area contributed by atoms with Crippen LogP contribution in [-0.2, 0) is 0 Å². The highest BCUT2D eigenvalue weighted by Crippen LogP contribution is 2.36. The van der Waals surface area contributed by atoms with E-state index in [0.717, 1.165) is 16.7 Å². The minimum absolute atomic E-state index is 0.206. The average Bonchev–Trinajstić information content (AvgIpc) is 2.90. The van der Waals surface area contributed by atoms with Crippen molar-refractivity contribution in [1.29, 1.82) is 0 Å². The molecule has 2 aromatic carbocycles. The molecule has 0 saturated heterocycles. The van der Waals surface area contributed by atoms with Crippen molar-refractivity contribution < 1.29 is 9.59 Å². The van der Waals surface area contributed by atoms with Crippen LogP contribution in [-0.4, -0.2) is 53.8 Å². The van der Waals surface area contributed by atoms with E-state index in [0.29, 0.717) is 39.8 Å². The van der Waals surface area contributed by atoms with E-state index in [1.54, 1.807) is 12.1 Å². The van der Waals surface area contributed by atoms with Gasteiger partial charge in [-0.15, -0.1) is 0 Å². The van der Waals surface area contributed by atoms with Gasteiger partial charge in [-0.1, -0.05) is 23.5 Å². The molecular weight excluding hydrogens is 326 g/mol. The SMILES string of the molecule is CN(C)CCN1C(=O)c2cccc3cc4[nH]c(=O)sc4c(c23)C1=O. The lowest BCUT2D eigenvalue weighted by molar-refractivity contribution is 0.0602. The number of nitrogens with zero attached hydrogens (tertiary/aromatic N) is 2. The zero-order chi connectivity index (χ0) is 17.0. The molecule has 7 heteroatoms. The van der Waals surface area contributed by atoms with Gasteiger partial charge in [-0.25, -0.2) is 0 Å². The Kier molecular flexibility index (Phi) is 3.29. The molecule has 1 aromatic heterocycles. The third-order valence-corrected chi connectivity index (χ3v) is 5.17. The van der Waals surface area contributed by atoms with Crippen molar-refractivity contribution in [3.05, 3.63) is 45.1 Å². The first kappa shape index (κ1) is 15.0. The summed E-state index contributed by atoms with van der Waals surface area (Å²) >= 11 is 1.01. The number of likely N-dealkylation sites (N-methyl/N-ethyl adjacent to an activating group) is 1. The minimum atomic E-state index is -0.327. The summed E-state index contributed by atoms with van der Waals surface area (Å²) in [6.45, 7) is 0.901. The summed E-state index contributed by atoms with van der Waals surface area (Å²) in [5.41, 5.74) is 1.61. The first-order valence-corrected chi connectivity index (χ1v) is 8.38. The Labute approximate surface area is 141 Å². The fraction of sp³-hybridized carbons (Fsp3) is 0.235. The van der Waals surface area contributed by atoms with E-state index >= 15 is 0 Å².